The number of hydrogen-bond donors (Lipinski definition) is 1. The van der Waals surface area contributed by atoms with E-state index in [4.69, 9.17) is 10.1 Å². The maximum atomic E-state index is 7.04. The Hall–Kier alpha value is -0.0500. The van der Waals surface area contributed by atoms with Crippen molar-refractivity contribution in [3.63, 3.8) is 0 Å². The van der Waals surface area contributed by atoms with Gasteiger partial charge >= 0.3 is 0 Å². The van der Waals surface area contributed by atoms with Crippen LogP contribution in [0.5, 0.6) is 0 Å². The van der Waals surface area contributed by atoms with Crippen molar-refractivity contribution in [2.75, 3.05) is 5.33 Å². The minimum Gasteiger partial charge on any atom is -0.477 e. The summed E-state index contributed by atoms with van der Waals surface area (Å²) >= 11 is 3.28. The third kappa shape index (κ3) is 1.22. The molecule has 0 aromatic carbocycles. The van der Waals surface area contributed by atoms with Crippen molar-refractivity contribution in [1.29, 1.82) is 5.41 Å². The van der Waals surface area contributed by atoms with Gasteiger partial charge in [0.05, 0.1) is 0 Å². The standard InChI is InChI=1S/C5H8BrNO/c6-3-4-1-2-5(7)8-4/h4,7H,1-3H2. The van der Waals surface area contributed by atoms with E-state index in [9.17, 15) is 0 Å². The topological polar surface area (TPSA) is 33.1 Å². The van der Waals surface area contributed by atoms with Crippen LogP contribution < -0.4 is 0 Å². The van der Waals surface area contributed by atoms with Crippen LogP contribution in [0.2, 0.25) is 0 Å². The molecule has 0 amide bonds. The molecule has 1 unspecified atom stereocenters. The Bertz CT molecular complexity index is 105. The Morgan fingerprint density at radius 3 is 2.88 bits per heavy atom. The average molecular weight is 178 g/mol. The fourth-order valence-electron chi connectivity index (χ4n) is 0.720. The smallest absolute Gasteiger partial charge is 0.180 e. The summed E-state index contributed by atoms with van der Waals surface area (Å²) in [6.07, 6.45) is 2.09. The van der Waals surface area contributed by atoms with Gasteiger partial charge in [-0.1, -0.05) is 15.9 Å². The van der Waals surface area contributed by atoms with Crippen LogP contribution in [-0.4, -0.2) is 17.3 Å². The Kier molecular flexibility index (Phi) is 1.89. The molecule has 1 N–H and O–H groups in total. The van der Waals surface area contributed by atoms with E-state index in [0.29, 0.717) is 5.90 Å². The summed E-state index contributed by atoms with van der Waals surface area (Å²) in [4.78, 5) is 0. The van der Waals surface area contributed by atoms with Gasteiger partial charge in [-0.25, -0.2) is 0 Å². The fourth-order valence-corrected chi connectivity index (χ4v) is 1.18. The van der Waals surface area contributed by atoms with Crippen molar-refractivity contribution < 1.29 is 4.74 Å². The molecule has 0 spiro atoms. The molecule has 1 heterocycles. The summed E-state index contributed by atoms with van der Waals surface area (Å²) < 4.78 is 5.05. The van der Waals surface area contributed by atoms with E-state index in [2.05, 4.69) is 15.9 Å². The number of ether oxygens (including phenoxy) is 1. The minimum absolute atomic E-state index is 0.266. The molecule has 1 saturated heterocycles. The largest absolute Gasteiger partial charge is 0.477 e. The van der Waals surface area contributed by atoms with Crippen molar-refractivity contribution in [2.24, 2.45) is 0 Å². The highest BCUT2D eigenvalue weighted by Gasteiger charge is 2.18. The molecule has 0 aliphatic carbocycles. The molecular weight excluding hydrogens is 170 g/mol. The lowest BCUT2D eigenvalue weighted by molar-refractivity contribution is 0.244. The lowest BCUT2D eigenvalue weighted by atomic mass is 10.3. The first kappa shape index (κ1) is 6.08. The summed E-state index contributed by atoms with van der Waals surface area (Å²) in [6.45, 7) is 0. The van der Waals surface area contributed by atoms with Gasteiger partial charge in [0.2, 0.25) is 0 Å². The third-order valence-corrected chi connectivity index (χ3v) is 1.90. The molecule has 3 heteroatoms. The van der Waals surface area contributed by atoms with Gasteiger partial charge in [0.25, 0.3) is 0 Å². The number of halogens is 1. The number of hydrogen-bond acceptors (Lipinski definition) is 2. The Balaban J connectivity index is 2.32. The molecule has 0 bridgehead atoms. The molecule has 1 rings (SSSR count). The molecule has 8 heavy (non-hydrogen) atoms. The minimum atomic E-state index is 0.266. The van der Waals surface area contributed by atoms with Crippen molar-refractivity contribution in [3.05, 3.63) is 0 Å². The SMILES string of the molecule is N=C1CCC(CBr)O1. The highest BCUT2D eigenvalue weighted by Crippen LogP contribution is 2.14. The van der Waals surface area contributed by atoms with Crippen molar-refractivity contribution in [2.45, 2.75) is 18.9 Å². The van der Waals surface area contributed by atoms with Crippen LogP contribution in [0.25, 0.3) is 0 Å². The predicted octanol–water partition coefficient (Wildman–Crippen LogP) is 1.54. The zero-order chi connectivity index (χ0) is 5.98. The van der Waals surface area contributed by atoms with Crippen LogP contribution in [0, 0.1) is 5.41 Å². The molecule has 1 aliphatic rings. The molecular formula is C5H8BrNO. The normalized spacial score (nSPS) is 28.1. The van der Waals surface area contributed by atoms with E-state index in [1.807, 2.05) is 0 Å². The van der Waals surface area contributed by atoms with Gasteiger partial charge < -0.3 is 4.74 Å². The molecule has 1 atom stereocenters. The van der Waals surface area contributed by atoms with Gasteiger partial charge in [-0.05, 0) is 6.42 Å². The van der Waals surface area contributed by atoms with E-state index >= 15 is 0 Å². The Morgan fingerprint density at radius 2 is 2.62 bits per heavy atom. The number of alkyl halides is 1. The van der Waals surface area contributed by atoms with Crippen LogP contribution in [0.3, 0.4) is 0 Å². The highest BCUT2D eigenvalue weighted by atomic mass is 79.9. The summed E-state index contributed by atoms with van der Waals surface area (Å²) in [7, 11) is 0. The van der Waals surface area contributed by atoms with Gasteiger partial charge in [-0.3, -0.25) is 5.41 Å². The Labute approximate surface area is 56.9 Å². The molecule has 1 aliphatic heterocycles. The highest BCUT2D eigenvalue weighted by molar-refractivity contribution is 9.09. The molecule has 0 radical (unpaired) electrons. The second-order valence-corrected chi connectivity index (χ2v) is 2.50. The molecule has 2 nitrogen and oxygen atoms in total. The number of nitrogens with one attached hydrogen (secondary N) is 1. The summed E-state index contributed by atoms with van der Waals surface area (Å²) in [6, 6.07) is 0. The first-order valence-electron chi connectivity index (χ1n) is 2.63. The third-order valence-electron chi connectivity index (χ3n) is 1.17. The van der Waals surface area contributed by atoms with E-state index in [-0.39, 0.29) is 6.10 Å². The van der Waals surface area contributed by atoms with E-state index < -0.39 is 0 Å². The fraction of sp³-hybridized carbons (Fsp3) is 0.800. The second-order valence-electron chi connectivity index (χ2n) is 1.86. The average Bonchev–Trinajstić information content (AvgIpc) is 2.14. The van der Waals surface area contributed by atoms with Crippen molar-refractivity contribution >= 4 is 21.8 Å². The molecule has 1 fully saturated rings. The first-order valence-corrected chi connectivity index (χ1v) is 3.75. The summed E-state index contributed by atoms with van der Waals surface area (Å²) in [5, 5.41) is 7.90. The lowest BCUT2D eigenvalue weighted by Gasteiger charge is -2.02. The maximum Gasteiger partial charge on any atom is 0.180 e. The molecule has 0 saturated carbocycles. The molecule has 0 aromatic heterocycles. The van der Waals surface area contributed by atoms with Crippen LogP contribution in [0.15, 0.2) is 0 Å². The van der Waals surface area contributed by atoms with Crippen LogP contribution in [0.1, 0.15) is 12.8 Å². The summed E-state index contributed by atoms with van der Waals surface area (Å²) in [5.74, 6) is 0.439. The van der Waals surface area contributed by atoms with Crippen molar-refractivity contribution in [3.8, 4) is 0 Å². The van der Waals surface area contributed by atoms with Gasteiger partial charge in [-0.2, -0.15) is 0 Å². The van der Waals surface area contributed by atoms with E-state index in [1.54, 1.807) is 0 Å². The monoisotopic (exact) mass is 177 g/mol. The molecule has 0 aromatic rings. The van der Waals surface area contributed by atoms with Gasteiger partial charge in [0.1, 0.15) is 6.10 Å². The quantitative estimate of drug-likeness (QED) is 0.607. The number of rotatable bonds is 1. The zero-order valence-electron chi connectivity index (χ0n) is 4.48. The van der Waals surface area contributed by atoms with Crippen LogP contribution >= 0.6 is 15.9 Å². The van der Waals surface area contributed by atoms with E-state index in [0.717, 1.165) is 18.2 Å². The van der Waals surface area contributed by atoms with Gasteiger partial charge in [-0.15, -0.1) is 0 Å². The van der Waals surface area contributed by atoms with Gasteiger partial charge in [0.15, 0.2) is 5.90 Å². The van der Waals surface area contributed by atoms with Crippen LogP contribution in [0.4, 0.5) is 0 Å². The lowest BCUT2D eigenvalue weighted by Crippen LogP contribution is -2.06. The summed E-state index contributed by atoms with van der Waals surface area (Å²) in [5.41, 5.74) is 0. The van der Waals surface area contributed by atoms with Crippen molar-refractivity contribution in [1.82, 2.24) is 0 Å². The Morgan fingerprint density at radius 1 is 1.88 bits per heavy atom. The maximum absolute atomic E-state index is 7.04. The first-order chi connectivity index (χ1) is 3.83. The van der Waals surface area contributed by atoms with Gasteiger partial charge in [0, 0.05) is 11.8 Å². The van der Waals surface area contributed by atoms with E-state index in [1.165, 1.54) is 0 Å². The zero-order valence-corrected chi connectivity index (χ0v) is 6.07. The molecule has 46 valence electrons. The second kappa shape index (κ2) is 2.49. The predicted molar refractivity (Wildman–Crippen MR) is 35.6 cm³/mol. The van der Waals surface area contributed by atoms with Crippen LogP contribution in [-0.2, 0) is 4.74 Å².